The van der Waals surface area contributed by atoms with Crippen LogP contribution in [-0.2, 0) is 4.79 Å². The van der Waals surface area contributed by atoms with Crippen molar-refractivity contribution in [1.82, 2.24) is 4.90 Å². The maximum absolute atomic E-state index is 11.3. The molecule has 0 radical (unpaired) electrons. The second-order valence-electron chi connectivity index (χ2n) is 5.18. The van der Waals surface area contributed by atoms with Gasteiger partial charge in [0.2, 0.25) is 5.91 Å². The minimum atomic E-state index is -0.294. The van der Waals surface area contributed by atoms with Crippen LogP contribution in [0.2, 0.25) is 0 Å². The number of nitrogens with zero attached hydrogens (tertiary/aromatic N) is 2. The number of piperidine rings is 1. The molecule has 21 heavy (non-hydrogen) atoms. The summed E-state index contributed by atoms with van der Waals surface area (Å²) in [6, 6.07) is 9.12. The molecule has 1 aromatic rings. The van der Waals surface area contributed by atoms with Crippen LogP contribution in [0.4, 0.5) is 5.69 Å². The largest absolute Gasteiger partial charge is 0.489 e. The average molecular weight is 287 g/mol. The molecule has 1 aliphatic heterocycles. The normalized spacial score (nSPS) is 18.8. The monoisotopic (exact) mass is 287 g/mol. The van der Waals surface area contributed by atoms with Gasteiger partial charge in [0, 0.05) is 12.2 Å². The number of hydrogen-bond donors (Lipinski definition) is 1. The minimum Gasteiger partial charge on any atom is -0.489 e. The summed E-state index contributed by atoms with van der Waals surface area (Å²) in [6.45, 7) is 5.35. The third-order valence-electron chi connectivity index (χ3n) is 3.59. The van der Waals surface area contributed by atoms with E-state index in [4.69, 9.17) is 10.00 Å². The predicted molar refractivity (Wildman–Crippen MR) is 81.1 cm³/mol. The van der Waals surface area contributed by atoms with Crippen molar-refractivity contribution in [1.29, 1.82) is 5.26 Å². The highest BCUT2D eigenvalue weighted by molar-refractivity contribution is 5.92. The van der Waals surface area contributed by atoms with E-state index in [0.29, 0.717) is 5.69 Å². The molecule has 1 fully saturated rings. The molecule has 2 rings (SSSR count). The molecule has 0 bridgehead atoms. The Hall–Kier alpha value is -2.06. The molecule has 0 saturated carbocycles. The van der Waals surface area contributed by atoms with E-state index >= 15 is 0 Å². The molecule has 1 amide bonds. The summed E-state index contributed by atoms with van der Waals surface area (Å²) in [4.78, 5) is 13.7. The van der Waals surface area contributed by atoms with Gasteiger partial charge in [-0.15, -0.1) is 0 Å². The van der Waals surface area contributed by atoms with Crippen molar-refractivity contribution in [3.8, 4) is 11.8 Å². The zero-order valence-corrected chi connectivity index (χ0v) is 12.3. The lowest BCUT2D eigenvalue weighted by atomic mass is 10.1. The maximum Gasteiger partial charge on any atom is 0.238 e. The van der Waals surface area contributed by atoms with Gasteiger partial charge >= 0.3 is 0 Å². The lowest BCUT2D eigenvalue weighted by molar-refractivity contribution is -0.115. The van der Waals surface area contributed by atoms with Crippen molar-refractivity contribution >= 4 is 11.6 Å². The molecule has 5 heteroatoms. The number of amides is 1. The molecular weight excluding hydrogens is 266 g/mol. The van der Waals surface area contributed by atoms with Crippen molar-refractivity contribution in [3.05, 3.63) is 24.3 Å². The van der Waals surface area contributed by atoms with Crippen LogP contribution >= 0.6 is 0 Å². The number of carbonyl (C=O) groups excluding carboxylic acids is 1. The Morgan fingerprint density at radius 2 is 2.24 bits per heavy atom. The number of ether oxygens (including phenoxy) is 1. The summed E-state index contributed by atoms with van der Waals surface area (Å²) in [5, 5.41) is 11.1. The van der Waals surface area contributed by atoms with Gasteiger partial charge in [-0.05, 0) is 50.2 Å². The molecule has 112 valence electrons. The Balaban J connectivity index is 1.87. The average Bonchev–Trinajstić information content (AvgIpc) is 2.50. The second-order valence-corrected chi connectivity index (χ2v) is 5.18. The first-order chi connectivity index (χ1) is 10.2. The Morgan fingerprint density at radius 1 is 1.48 bits per heavy atom. The lowest BCUT2D eigenvalue weighted by Crippen LogP contribution is -2.40. The lowest BCUT2D eigenvalue weighted by Gasteiger charge is -2.32. The van der Waals surface area contributed by atoms with Crippen LogP contribution < -0.4 is 10.1 Å². The van der Waals surface area contributed by atoms with E-state index in [9.17, 15) is 4.79 Å². The van der Waals surface area contributed by atoms with Crippen LogP contribution in [-0.4, -0.2) is 36.5 Å². The van der Waals surface area contributed by atoms with Crippen LogP contribution in [0.25, 0.3) is 0 Å². The fourth-order valence-corrected chi connectivity index (χ4v) is 2.48. The first-order valence-electron chi connectivity index (χ1n) is 7.37. The third kappa shape index (κ3) is 4.76. The van der Waals surface area contributed by atoms with Crippen molar-refractivity contribution in [2.24, 2.45) is 0 Å². The van der Waals surface area contributed by atoms with E-state index in [1.54, 1.807) is 12.1 Å². The molecule has 1 heterocycles. The first kappa shape index (κ1) is 15.3. The van der Waals surface area contributed by atoms with Crippen molar-refractivity contribution < 1.29 is 9.53 Å². The summed E-state index contributed by atoms with van der Waals surface area (Å²) in [6.07, 6.45) is 2.35. The molecule has 1 aliphatic rings. The first-order valence-corrected chi connectivity index (χ1v) is 7.37. The van der Waals surface area contributed by atoms with Gasteiger partial charge in [0.25, 0.3) is 0 Å². The van der Waals surface area contributed by atoms with Crippen LogP contribution in [0.15, 0.2) is 24.3 Å². The number of hydrogen-bond acceptors (Lipinski definition) is 4. The Bertz CT molecular complexity index is 507. The topological polar surface area (TPSA) is 65.4 Å². The van der Waals surface area contributed by atoms with Gasteiger partial charge in [-0.3, -0.25) is 9.69 Å². The molecule has 0 aliphatic carbocycles. The van der Waals surface area contributed by atoms with E-state index < -0.39 is 0 Å². The number of nitrogens with one attached hydrogen (secondary N) is 1. The molecule has 1 aromatic carbocycles. The highest BCUT2D eigenvalue weighted by Gasteiger charge is 2.19. The van der Waals surface area contributed by atoms with Crippen molar-refractivity contribution in [3.63, 3.8) is 0 Å². The van der Waals surface area contributed by atoms with Crippen LogP contribution in [0, 0.1) is 11.3 Å². The Morgan fingerprint density at radius 3 is 2.90 bits per heavy atom. The molecule has 0 aromatic heterocycles. The number of nitriles is 1. The quantitative estimate of drug-likeness (QED) is 0.903. The van der Waals surface area contributed by atoms with E-state index in [-0.39, 0.29) is 18.4 Å². The molecule has 1 saturated heterocycles. The SMILES string of the molecule is CCN1CCCC(Oc2ccc(NC(=O)CC#N)cc2)C1. The van der Waals surface area contributed by atoms with Crippen molar-refractivity contribution in [2.75, 3.05) is 25.0 Å². The fraction of sp³-hybridized carbons (Fsp3) is 0.500. The van der Waals surface area contributed by atoms with E-state index in [2.05, 4.69) is 17.1 Å². The molecule has 1 N–H and O–H groups in total. The predicted octanol–water partition coefficient (Wildman–Crippen LogP) is 2.40. The molecule has 1 unspecified atom stereocenters. The van der Waals surface area contributed by atoms with Gasteiger partial charge in [-0.2, -0.15) is 5.26 Å². The smallest absolute Gasteiger partial charge is 0.238 e. The number of anilines is 1. The summed E-state index contributed by atoms with van der Waals surface area (Å²) in [5.41, 5.74) is 0.682. The molecule has 5 nitrogen and oxygen atoms in total. The van der Waals surface area contributed by atoms with Gasteiger partial charge in [0.1, 0.15) is 18.3 Å². The highest BCUT2D eigenvalue weighted by atomic mass is 16.5. The molecule has 0 spiro atoms. The van der Waals surface area contributed by atoms with E-state index in [0.717, 1.165) is 31.8 Å². The van der Waals surface area contributed by atoms with Gasteiger partial charge in [0.05, 0.1) is 6.07 Å². The zero-order chi connectivity index (χ0) is 15.1. The third-order valence-corrected chi connectivity index (χ3v) is 3.59. The van der Waals surface area contributed by atoms with E-state index in [1.165, 1.54) is 6.42 Å². The summed E-state index contributed by atoms with van der Waals surface area (Å²) in [5.74, 6) is 0.522. The number of benzene rings is 1. The Kier molecular flexibility index (Phi) is 5.59. The van der Waals surface area contributed by atoms with Crippen molar-refractivity contribution in [2.45, 2.75) is 32.3 Å². The summed E-state index contributed by atoms with van der Waals surface area (Å²) < 4.78 is 5.99. The second kappa shape index (κ2) is 7.65. The minimum absolute atomic E-state index is 0.132. The summed E-state index contributed by atoms with van der Waals surface area (Å²) >= 11 is 0. The Labute approximate surface area is 125 Å². The fourth-order valence-electron chi connectivity index (χ4n) is 2.48. The summed E-state index contributed by atoms with van der Waals surface area (Å²) in [7, 11) is 0. The number of likely N-dealkylation sites (tertiary alicyclic amines) is 1. The van der Waals surface area contributed by atoms with Gasteiger partial charge in [-0.25, -0.2) is 0 Å². The van der Waals surface area contributed by atoms with Gasteiger partial charge in [-0.1, -0.05) is 6.92 Å². The van der Waals surface area contributed by atoms with Crippen LogP contribution in [0.3, 0.4) is 0 Å². The number of likely N-dealkylation sites (N-methyl/N-ethyl adjacent to an activating group) is 1. The van der Waals surface area contributed by atoms with Crippen LogP contribution in [0.5, 0.6) is 5.75 Å². The highest BCUT2D eigenvalue weighted by Crippen LogP contribution is 2.20. The molecular formula is C16H21N3O2. The van der Waals surface area contributed by atoms with E-state index in [1.807, 2.05) is 18.2 Å². The van der Waals surface area contributed by atoms with Gasteiger partial charge < -0.3 is 10.1 Å². The number of rotatable bonds is 5. The maximum atomic E-state index is 11.3. The zero-order valence-electron chi connectivity index (χ0n) is 12.3. The number of carbonyl (C=O) groups is 1. The molecule has 1 atom stereocenters. The van der Waals surface area contributed by atoms with Gasteiger partial charge in [0.15, 0.2) is 0 Å². The standard InChI is InChI=1S/C16H21N3O2/c1-2-19-11-3-4-15(12-19)21-14-7-5-13(6-8-14)18-16(20)9-10-17/h5-8,15H,2-4,9,11-12H2,1H3,(H,18,20). The van der Waals surface area contributed by atoms with Crippen LogP contribution in [0.1, 0.15) is 26.2 Å².